The number of carboxylic acid groups (broad SMARTS) is 1. The summed E-state index contributed by atoms with van der Waals surface area (Å²) in [7, 11) is 0. The van der Waals surface area contributed by atoms with Crippen molar-refractivity contribution in [3.63, 3.8) is 0 Å². The second-order valence-corrected chi connectivity index (χ2v) is 3.80. The minimum Gasteiger partial charge on any atom is -0.478 e. The fourth-order valence-corrected chi connectivity index (χ4v) is 1.72. The van der Waals surface area contributed by atoms with Crippen LogP contribution in [0.25, 0.3) is 11.3 Å². The first-order valence-electron chi connectivity index (χ1n) is 5.30. The van der Waals surface area contributed by atoms with Crippen molar-refractivity contribution in [3.05, 3.63) is 52.0 Å². The summed E-state index contributed by atoms with van der Waals surface area (Å²) >= 11 is 0. The third-order valence-corrected chi connectivity index (χ3v) is 2.58. The summed E-state index contributed by atoms with van der Waals surface area (Å²) in [6, 6.07) is 5.67. The average molecular weight is 259 g/mol. The van der Waals surface area contributed by atoms with Gasteiger partial charge in [0.15, 0.2) is 0 Å². The Bertz CT molecular complexity index is 670. The van der Waals surface area contributed by atoms with Gasteiger partial charge in [-0.1, -0.05) is 12.1 Å². The molecule has 96 valence electrons. The Morgan fingerprint density at radius 1 is 1.37 bits per heavy atom. The van der Waals surface area contributed by atoms with Gasteiger partial charge in [-0.05, 0) is 6.92 Å². The minimum absolute atomic E-state index is 0.0528. The topological polar surface area (TPSA) is 106 Å². The summed E-state index contributed by atoms with van der Waals surface area (Å²) < 4.78 is 0. The van der Waals surface area contributed by atoms with Crippen LogP contribution in [0.1, 0.15) is 16.1 Å². The van der Waals surface area contributed by atoms with E-state index in [0.29, 0.717) is 11.3 Å². The predicted octanol–water partition coefficient (Wildman–Crippen LogP) is 2.06. The lowest BCUT2D eigenvalue weighted by molar-refractivity contribution is -0.384. The number of non-ortho nitro benzene ring substituents is 1. The number of nitrogens with zero attached hydrogens (tertiary/aromatic N) is 3. The first-order chi connectivity index (χ1) is 9.00. The highest BCUT2D eigenvalue weighted by Crippen LogP contribution is 2.26. The molecule has 0 aliphatic heterocycles. The van der Waals surface area contributed by atoms with E-state index in [4.69, 9.17) is 0 Å². The molecule has 2 aromatic rings. The molecule has 0 fully saturated rings. The highest BCUT2D eigenvalue weighted by molar-refractivity contribution is 5.95. The zero-order valence-corrected chi connectivity index (χ0v) is 9.90. The molecule has 0 aliphatic rings. The third-order valence-electron chi connectivity index (χ3n) is 2.58. The highest BCUT2D eigenvalue weighted by Gasteiger charge is 2.18. The fraction of sp³-hybridized carbons (Fsp3) is 0.0833. The summed E-state index contributed by atoms with van der Waals surface area (Å²) in [6.45, 7) is 1.55. The number of aromatic carboxylic acids is 1. The van der Waals surface area contributed by atoms with Crippen molar-refractivity contribution < 1.29 is 14.8 Å². The molecule has 7 heteroatoms. The number of nitro benzene ring substituents is 1. The fourth-order valence-electron chi connectivity index (χ4n) is 1.72. The largest absolute Gasteiger partial charge is 0.478 e. The van der Waals surface area contributed by atoms with Crippen LogP contribution in [0.5, 0.6) is 0 Å². The lowest BCUT2D eigenvalue weighted by Crippen LogP contribution is -2.06. The van der Waals surface area contributed by atoms with Gasteiger partial charge in [-0.25, -0.2) is 14.8 Å². The number of hydrogen-bond donors (Lipinski definition) is 1. The monoisotopic (exact) mass is 259 g/mol. The van der Waals surface area contributed by atoms with Crippen LogP contribution in [0.3, 0.4) is 0 Å². The SMILES string of the molecule is Cc1ncnc(-c2cccc([N+](=O)[O-])c2)c1C(=O)O. The maximum Gasteiger partial charge on any atom is 0.339 e. The summed E-state index contributed by atoms with van der Waals surface area (Å²) in [5, 5.41) is 19.9. The molecular formula is C12H9N3O4. The summed E-state index contributed by atoms with van der Waals surface area (Å²) in [5.74, 6) is -1.17. The summed E-state index contributed by atoms with van der Waals surface area (Å²) in [6.07, 6.45) is 1.23. The van der Waals surface area contributed by atoms with E-state index in [1.54, 1.807) is 13.0 Å². The van der Waals surface area contributed by atoms with E-state index in [-0.39, 0.29) is 16.9 Å². The van der Waals surface area contributed by atoms with Gasteiger partial charge in [0, 0.05) is 17.7 Å². The van der Waals surface area contributed by atoms with Crippen molar-refractivity contribution in [1.29, 1.82) is 0 Å². The molecule has 0 radical (unpaired) electrons. The van der Waals surface area contributed by atoms with Gasteiger partial charge in [0.1, 0.15) is 11.9 Å². The molecule has 1 aromatic carbocycles. The molecule has 19 heavy (non-hydrogen) atoms. The molecule has 0 spiro atoms. The lowest BCUT2D eigenvalue weighted by atomic mass is 10.0. The van der Waals surface area contributed by atoms with Crippen LogP contribution >= 0.6 is 0 Å². The number of benzene rings is 1. The second kappa shape index (κ2) is 4.81. The molecule has 2 rings (SSSR count). The molecular weight excluding hydrogens is 250 g/mol. The van der Waals surface area contributed by atoms with E-state index in [0.717, 1.165) is 0 Å². The van der Waals surface area contributed by atoms with Gasteiger partial charge in [0.2, 0.25) is 0 Å². The van der Waals surface area contributed by atoms with Gasteiger partial charge in [0.05, 0.1) is 16.3 Å². The number of rotatable bonds is 3. The lowest BCUT2D eigenvalue weighted by Gasteiger charge is -2.06. The number of carboxylic acids is 1. The Kier molecular flexibility index (Phi) is 3.19. The van der Waals surface area contributed by atoms with E-state index < -0.39 is 10.9 Å². The van der Waals surface area contributed by atoms with Crippen LogP contribution in [0.2, 0.25) is 0 Å². The molecule has 1 N–H and O–H groups in total. The van der Waals surface area contributed by atoms with Crippen molar-refractivity contribution in [1.82, 2.24) is 9.97 Å². The van der Waals surface area contributed by atoms with Gasteiger partial charge >= 0.3 is 5.97 Å². The van der Waals surface area contributed by atoms with Gasteiger partial charge in [0.25, 0.3) is 5.69 Å². The van der Waals surface area contributed by atoms with Gasteiger partial charge in [-0.15, -0.1) is 0 Å². The first kappa shape index (κ1) is 12.6. The Balaban J connectivity index is 2.65. The van der Waals surface area contributed by atoms with Crippen LogP contribution in [-0.2, 0) is 0 Å². The van der Waals surface area contributed by atoms with E-state index >= 15 is 0 Å². The third kappa shape index (κ3) is 2.39. The first-order valence-corrected chi connectivity index (χ1v) is 5.30. The molecule has 0 atom stereocenters. The minimum atomic E-state index is -1.17. The number of aromatic nitrogens is 2. The molecule has 0 amide bonds. The molecule has 0 aliphatic carbocycles. The number of aryl methyl sites for hydroxylation is 1. The van der Waals surface area contributed by atoms with Crippen molar-refractivity contribution >= 4 is 11.7 Å². The molecule has 1 aromatic heterocycles. The Hall–Kier alpha value is -2.83. The molecule has 0 saturated carbocycles. The normalized spacial score (nSPS) is 10.2. The second-order valence-electron chi connectivity index (χ2n) is 3.80. The molecule has 0 unspecified atom stereocenters. The van der Waals surface area contributed by atoms with Gasteiger partial charge in [-0.2, -0.15) is 0 Å². The molecule has 7 nitrogen and oxygen atoms in total. The quantitative estimate of drug-likeness (QED) is 0.667. The predicted molar refractivity (Wildman–Crippen MR) is 65.8 cm³/mol. The van der Waals surface area contributed by atoms with Crippen LogP contribution in [0.4, 0.5) is 5.69 Å². The smallest absolute Gasteiger partial charge is 0.339 e. The van der Waals surface area contributed by atoms with Gasteiger partial charge in [-0.3, -0.25) is 10.1 Å². The summed E-state index contributed by atoms with van der Waals surface area (Å²) in [5.41, 5.74) is 0.679. The van der Waals surface area contributed by atoms with E-state index in [2.05, 4.69) is 9.97 Å². The Labute approximate surface area is 107 Å². The maximum atomic E-state index is 11.2. The Morgan fingerprint density at radius 2 is 2.11 bits per heavy atom. The van der Waals surface area contributed by atoms with Gasteiger partial charge < -0.3 is 5.11 Å². The molecule has 0 saturated heterocycles. The number of nitro groups is 1. The maximum absolute atomic E-state index is 11.2. The van der Waals surface area contributed by atoms with E-state index in [1.807, 2.05) is 0 Å². The van der Waals surface area contributed by atoms with Crippen molar-refractivity contribution in [2.75, 3.05) is 0 Å². The standard InChI is InChI=1S/C12H9N3O4/c1-7-10(12(16)17)11(14-6-13-7)8-3-2-4-9(5-8)15(18)19/h2-6H,1H3,(H,16,17). The zero-order valence-electron chi connectivity index (χ0n) is 9.90. The van der Waals surface area contributed by atoms with Crippen LogP contribution in [-0.4, -0.2) is 26.0 Å². The molecule has 1 heterocycles. The highest BCUT2D eigenvalue weighted by atomic mass is 16.6. The number of carbonyl (C=O) groups is 1. The van der Waals surface area contributed by atoms with Crippen LogP contribution in [0, 0.1) is 17.0 Å². The van der Waals surface area contributed by atoms with Crippen LogP contribution < -0.4 is 0 Å². The van der Waals surface area contributed by atoms with Crippen molar-refractivity contribution in [3.8, 4) is 11.3 Å². The van der Waals surface area contributed by atoms with Crippen molar-refractivity contribution in [2.45, 2.75) is 6.92 Å². The van der Waals surface area contributed by atoms with Crippen molar-refractivity contribution in [2.24, 2.45) is 0 Å². The average Bonchev–Trinajstić information content (AvgIpc) is 2.38. The van der Waals surface area contributed by atoms with Crippen LogP contribution in [0.15, 0.2) is 30.6 Å². The Morgan fingerprint density at radius 3 is 2.74 bits per heavy atom. The summed E-state index contributed by atoms with van der Waals surface area (Å²) in [4.78, 5) is 29.1. The number of hydrogen-bond acceptors (Lipinski definition) is 5. The van der Waals surface area contributed by atoms with E-state index in [9.17, 15) is 20.0 Å². The zero-order chi connectivity index (χ0) is 14.0. The molecule has 0 bridgehead atoms. The van der Waals surface area contributed by atoms with E-state index in [1.165, 1.54) is 24.5 Å².